The Morgan fingerprint density at radius 3 is 2.53 bits per heavy atom. The van der Waals surface area contributed by atoms with E-state index in [4.69, 9.17) is 0 Å². The molecule has 2 aliphatic rings. The number of benzene rings is 1. The highest BCUT2D eigenvalue weighted by molar-refractivity contribution is 5.98. The Morgan fingerprint density at radius 2 is 1.93 bits per heavy atom. The Kier molecular flexibility index (Phi) is 1.84. The van der Waals surface area contributed by atoms with E-state index in [9.17, 15) is 4.79 Å². The largest absolute Gasteiger partial charge is 0.309 e. The standard InChI is InChI=1S/C13H15NO/c1-9-2-5-11(6-3-9)14-12-7-4-10(8-12)13(14)15/h2-3,5-6,10,12H,4,7-8H2,1H3. The first-order chi connectivity index (χ1) is 7.25. The number of fused-ring (bicyclic) bond motifs is 2. The molecule has 15 heavy (non-hydrogen) atoms. The van der Waals surface area contributed by atoms with E-state index in [1.165, 1.54) is 12.0 Å². The highest BCUT2D eigenvalue weighted by atomic mass is 16.2. The Balaban J connectivity index is 1.94. The van der Waals surface area contributed by atoms with Crippen LogP contribution < -0.4 is 4.90 Å². The van der Waals surface area contributed by atoms with Gasteiger partial charge in [-0.25, -0.2) is 0 Å². The van der Waals surface area contributed by atoms with Crippen molar-refractivity contribution in [3.8, 4) is 0 Å². The fraction of sp³-hybridized carbons (Fsp3) is 0.462. The number of anilines is 1. The minimum Gasteiger partial charge on any atom is -0.309 e. The first kappa shape index (κ1) is 8.96. The van der Waals surface area contributed by atoms with Gasteiger partial charge in [-0.3, -0.25) is 4.79 Å². The van der Waals surface area contributed by atoms with Crippen molar-refractivity contribution in [2.24, 2.45) is 5.92 Å². The molecule has 2 nitrogen and oxygen atoms in total. The second-order valence-corrected chi connectivity index (χ2v) is 4.71. The summed E-state index contributed by atoms with van der Waals surface area (Å²) in [5.74, 6) is 0.659. The molecule has 1 aliphatic carbocycles. The van der Waals surface area contributed by atoms with Crippen molar-refractivity contribution in [2.75, 3.05) is 4.90 Å². The molecule has 2 unspecified atom stereocenters. The molecule has 0 aromatic heterocycles. The fourth-order valence-corrected chi connectivity index (χ4v) is 2.84. The molecule has 2 heteroatoms. The van der Waals surface area contributed by atoms with E-state index in [-0.39, 0.29) is 0 Å². The minimum absolute atomic E-state index is 0.316. The number of carbonyl (C=O) groups excluding carboxylic acids is 1. The molecule has 3 rings (SSSR count). The van der Waals surface area contributed by atoms with Gasteiger partial charge in [0, 0.05) is 17.6 Å². The lowest BCUT2D eigenvalue weighted by Crippen LogP contribution is -2.36. The van der Waals surface area contributed by atoms with E-state index in [2.05, 4.69) is 31.2 Å². The van der Waals surface area contributed by atoms with Gasteiger partial charge in [0.05, 0.1) is 0 Å². The van der Waals surface area contributed by atoms with Crippen LogP contribution >= 0.6 is 0 Å². The average molecular weight is 201 g/mol. The van der Waals surface area contributed by atoms with Gasteiger partial charge in [0.25, 0.3) is 0 Å². The van der Waals surface area contributed by atoms with Crippen LogP contribution in [-0.4, -0.2) is 11.9 Å². The molecule has 2 bridgehead atoms. The predicted molar refractivity (Wildman–Crippen MR) is 59.8 cm³/mol. The zero-order valence-electron chi connectivity index (χ0n) is 8.94. The number of hydrogen-bond donors (Lipinski definition) is 0. The summed E-state index contributed by atoms with van der Waals surface area (Å²) in [7, 11) is 0. The monoisotopic (exact) mass is 201 g/mol. The maximum atomic E-state index is 12.0. The first-order valence-corrected chi connectivity index (χ1v) is 5.65. The number of piperidine rings is 1. The molecule has 1 aromatic rings. The lowest BCUT2D eigenvalue weighted by molar-refractivity contribution is -0.121. The van der Waals surface area contributed by atoms with Crippen LogP contribution in [0.4, 0.5) is 5.69 Å². The molecular weight excluding hydrogens is 186 g/mol. The SMILES string of the molecule is Cc1ccc(N2C(=O)C3CCC2C3)cc1. The van der Waals surface area contributed by atoms with Crippen molar-refractivity contribution >= 4 is 11.6 Å². The van der Waals surface area contributed by atoms with Crippen molar-refractivity contribution in [1.29, 1.82) is 0 Å². The van der Waals surface area contributed by atoms with Gasteiger partial charge in [-0.2, -0.15) is 0 Å². The number of amides is 1. The topological polar surface area (TPSA) is 20.3 Å². The van der Waals surface area contributed by atoms with E-state index < -0.39 is 0 Å². The van der Waals surface area contributed by atoms with Gasteiger partial charge >= 0.3 is 0 Å². The van der Waals surface area contributed by atoms with Crippen LogP contribution in [0.3, 0.4) is 0 Å². The Bertz CT molecular complexity index is 396. The third kappa shape index (κ3) is 1.28. The van der Waals surface area contributed by atoms with Gasteiger partial charge in [-0.1, -0.05) is 17.7 Å². The molecule has 1 amide bonds. The van der Waals surface area contributed by atoms with Gasteiger partial charge in [-0.15, -0.1) is 0 Å². The second-order valence-electron chi connectivity index (χ2n) is 4.71. The van der Waals surface area contributed by atoms with Crippen LogP contribution in [0.15, 0.2) is 24.3 Å². The van der Waals surface area contributed by atoms with Gasteiger partial charge in [0.1, 0.15) is 0 Å². The maximum absolute atomic E-state index is 12.0. The average Bonchev–Trinajstić information content (AvgIpc) is 2.80. The lowest BCUT2D eigenvalue weighted by atomic mass is 10.1. The van der Waals surface area contributed by atoms with E-state index in [0.717, 1.165) is 18.5 Å². The molecule has 1 heterocycles. The third-order valence-corrected chi connectivity index (χ3v) is 3.67. The summed E-state index contributed by atoms with van der Waals surface area (Å²) >= 11 is 0. The molecule has 1 aromatic carbocycles. The second kappa shape index (κ2) is 3.09. The number of aryl methyl sites for hydroxylation is 1. The smallest absolute Gasteiger partial charge is 0.230 e. The van der Waals surface area contributed by atoms with Crippen molar-refractivity contribution in [1.82, 2.24) is 0 Å². The van der Waals surface area contributed by atoms with Crippen LogP contribution in [0.1, 0.15) is 24.8 Å². The van der Waals surface area contributed by atoms with Crippen LogP contribution in [-0.2, 0) is 4.79 Å². The normalized spacial score (nSPS) is 28.9. The molecular formula is C13H15NO. The lowest BCUT2D eigenvalue weighted by Gasteiger charge is -2.27. The summed E-state index contributed by atoms with van der Waals surface area (Å²) in [4.78, 5) is 14.0. The van der Waals surface area contributed by atoms with Crippen molar-refractivity contribution in [3.63, 3.8) is 0 Å². The zero-order valence-corrected chi connectivity index (χ0v) is 8.94. The molecule has 1 saturated carbocycles. The van der Waals surface area contributed by atoms with Crippen LogP contribution in [0.25, 0.3) is 0 Å². The van der Waals surface area contributed by atoms with Crippen LogP contribution in [0, 0.1) is 12.8 Å². The highest BCUT2D eigenvalue weighted by Crippen LogP contribution is 2.41. The molecule has 2 fully saturated rings. The van der Waals surface area contributed by atoms with Crippen LogP contribution in [0.5, 0.6) is 0 Å². The van der Waals surface area contributed by atoms with Gasteiger partial charge < -0.3 is 4.90 Å². The van der Waals surface area contributed by atoms with E-state index in [1.807, 2.05) is 4.90 Å². The van der Waals surface area contributed by atoms with Gasteiger partial charge in [0.15, 0.2) is 0 Å². The first-order valence-electron chi connectivity index (χ1n) is 5.65. The fourth-order valence-electron chi connectivity index (χ4n) is 2.84. The Hall–Kier alpha value is -1.31. The van der Waals surface area contributed by atoms with Crippen molar-refractivity contribution in [2.45, 2.75) is 32.2 Å². The number of nitrogens with zero attached hydrogens (tertiary/aromatic N) is 1. The Labute approximate surface area is 89.9 Å². The number of rotatable bonds is 1. The predicted octanol–water partition coefficient (Wildman–Crippen LogP) is 2.51. The van der Waals surface area contributed by atoms with E-state index in [1.54, 1.807) is 0 Å². The van der Waals surface area contributed by atoms with Crippen molar-refractivity contribution in [3.05, 3.63) is 29.8 Å². The van der Waals surface area contributed by atoms with E-state index in [0.29, 0.717) is 17.9 Å². The van der Waals surface area contributed by atoms with Crippen molar-refractivity contribution < 1.29 is 4.79 Å². The molecule has 78 valence electrons. The number of hydrogen-bond acceptors (Lipinski definition) is 1. The number of carbonyl (C=O) groups is 1. The Morgan fingerprint density at radius 1 is 1.20 bits per heavy atom. The third-order valence-electron chi connectivity index (χ3n) is 3.67. The summed E-state index contributed by atoms with van der Waals surface area (Å²) in [6, 6.07) is 8.76. The summed E-state index contributed by atoms with van der Waals surface area (Å²) in [6.45, 7) is 2.07. The van der Waals surface area contributed by atoms with Gasteiger partial charge in [-0.05, 0) is 38.3 Å². The summed E-state index contributed by atoms with van der Waals surface area (Å²) in [5.41, 5.74) is 2.33. The van der Waals surface area contributed by atoms with Crippen LogP contribution in [0.2, 0.25) is 0 Å². The quantitative estimate of drug-likeness (QED) is 0.683. The molecule has 1 saturated heterocycles. The van der Waals surface area contributed by atoms with E-state index >= 15 is 0 Å². The molecule has 1 aliphatic heterocycles. The summed E-state index contributed by atoms with van der Waals surface area (Å²) in [6.07, 6.45) is 3.36. The zero-order chi connectivity index (χ0) is 10.4. The molecule has 0 radical (unpaired) electrons. The highest BCUT2D eigenvalue weighted by Gasteiger charge is 2.45. The maximum Gasteiger partial charge on any atom is 0.230 e. The molecule has 2 atom stereocenters. The molecule has 0 spiro atoms. The summed E-state index contributed by atoms with van der Waals surface area (Å²) < 4.78 is 0. The minimum atomic E-state index is 0.316. The van der Waals surface area contributed by atoms with Gasteiger partial charge in [0.2, 0.25) is 5.91 Å². The molecule has 0 N–H and O–H groups in total. The summed E-state index contributed by atoms with van der Waals surface area (Å²) in [5, 5.41) is 0.